The number of benzene rings is 1. The van der Waals surface area contributed by atoms with Gasteiger partial charge >= 0.3 is 0 Å². The first-order valence-corrected chi connectivity index (χ1v) is 8.09. The van der Waals surface area contributed by atoms with Gasteiger partial charge in [0.05, 0.1) is 23.7 Å². The predicted molar refractivity (Wildman–Crippen MR) is 81.0 cm³/mol. The van der Waals surface area contributed by atoms with E-state index in [-0.39, 0.29) is 11.4 Å². The second kappa shape index (κ2) is 6.86. The molecule has 0 amide bonds. The molecule has 0 aliphatic heterocycles. The van der Waals surface area contributed by atoms with Crippen molar-refractivity contribution in [3.05, 3.63) is 52.2 Å². The van der Waals surface area contributed by atoms with Crippen LogP contribution in [0.25, 0.3) is 0 Å². The molecule has 0 spiro atoms. The van der Waals surface area contributed by atoms with E-state index in [1.807, 2.05) is 19.0 Å². The number of aromatic nitrogens is 1. The number of hydrogen-bond donors (Lipinski definition) is 1. The van der Waals surface area contributed by atoms with Crippen molar-refractivity contribution >= 4 is 15.7 Å². The van der Waals surface area contributed by atoms with E-state index in [1.165, 1.54) is 24.5 Å². The van der Waals surface area contributed by atoms with Crippen LogP contribution in [0.4, 0.5) is 5.69 Å². The third-order valence-corrected chi connectivity index (χ3v) is 4.29. The van der Waals surface area contributed by atoms with Gasteiger partial charge in [-0.25, -0.2) is 18.1 Å². The molecule has 2 rings (SSSR count). The lowest BCUT2D eigenvalue weighted by Gasteiger charge is -2.06. The zero-order chi connectivity index (χ0) is 17.0. The highest BCUT2D eigenvalue weighted by Gasteiger charge is 2.25. The van der Waals surface area contributed by atoms with Gasteiger partial charge in [-0.05, 0) is 20.2 Å². The van der Waals surface area contributed by atoms with Crippen LogP contribution >= 0.6 is 0 Å². The number of nitro benzene ring substituents is 1. The van der Waals surface area contributed by atoms with Crippen molar-refractivity contribution in [2.24, 2.45) is 0 Å². The Morgan fingerprint density at radius 2 is 2.04 bits per heavy atom. The van der Waals surface area contributed by atoms with Crippen LogP contribution in [-0.2, 0) is 23.1 Å². The Hall–Kier alpha value is -2.30. The maximum atomic E-state index is 12.2. The van der Waals surface area contributed by atoms with Crippen LogP contribution in [-0.4, -0.2) is 37.3 Å². The van der Waals surface area contributed by atoms with E-state index >= 15 is 0 Å². The van der Waals surface area contributed by atoms with Crippen molar-refractivity contribution in [2.45, 2.75) is 18.0 Å². The minimum Gasteiger partial charge on any atom is -0.447 e. The maximum absolute atomic E-state index is 12.2. The van der Waals surface area contributed by atoms with Crippen molar-refractivity contribution in [1.82, 2.24) is 14.6 Å². The van der Waals surface area contributed by atoms with E-state index in [0.29, 0.717) is 18.1 Å². The Balaban J connectivity index is 2.13. The molecular weight excluding hydrogens is 324 g/mol. The van der Waals surface area contributed by atoms with E-state index in [4.69, 9.17) is 4.42 Å². The molecule has 0 saturated carbocycles. The summed E-state index contributed by atoms with van der Waals surface area (Å²) in [5, 5.41) is 10.9. The summed E-state index contributed by atoms with van der Waals surface area (Å²) in [5.74, 6) is 0.454. The summed E-state index contributed by atoms with van der Waals surface area (Å²) in [6.45, 7) is 0.363. The van der Waals surface area contributed by atoms with Crippen LogP contribution in [0.15, 0.2) is 39.8 Å². The van der Waals surface area contributed by atoms with Crippen molar-refractivity contribution in [1.29, 1.82) is 0 Å². The standard InChI is InChI=1S/C13H16N4O5S/c1-16(2)8-13-15-10(9-22-13)7-14-23(20,21)12-6-4-3-5-11(12)17(18)19/h3-6,9,14H,7-8H2,1-2H3. The zero-order valence-corrected chi connectivity index (χ0v) is 13.4. The van der Waals surface area contributed by atoms with Crippen molar-refractivity contribution in [3.8, 4) is 0 Å². The Morgan fingerprint density at radius 3 is 2.70 bits per heavy atom. The lowest BCUT2D eigenvalue weighted by molar-refractivity contribution is -0.387. The van der Waals surface area contributed by atoms with Crippen LogP contribution < -0.4 is 4.72 Å². The van der Waals surface area contributed by atoms with Gasteiger partial charge in [-0.2, -0.15) is 0 Å². The fourth-order valence-corrected chi connectivity index (χ4v) is 3.02. The molecule has 0 unspecified atom stereocenters. The second-order valence-corrected chi connectivity index (χ2v) is 6.76. The molecule has 1 heterocycles. The number of para-hydroxylation sites is 1. The van der Waals surface area contributed by atoms with Crippen LogP contribution in [0, 0.1) is 10.1 Å². The fourth-order valence-electron chi connectivity index (χ4n) is 1.86. The Bertz CT molecular complexity index is 800. The highest BCUT2D eigenvalue weighted by Crippen LogP contribution is 2.22. The monoisotopic (exact) mass is 340 g/mol. The lowest BCUT2D eigenvalue weighted by atomic mass is 10.3. The highest BCUT2D eigenvalue weighted by molar-refractivity contribution is 7.89. The molecule has 23 heavy (non-hydrogen) atoms. The molecule has 1 aromatic carbocycles. The molecule has 0 saturated heterocycles. The SMILES string of the molecule is CN(C)Cc1nc(CNS(=O)(=O)c2ccccc2[N+](=O)[O-])co1. The van der Waals surface area contributed by atoms with Crippen molar-refractivity contribution in [3.63, 3.8) is 0 Å². The van der Waals surface area contributed by atoms with Crippen LogP contribution in [0.1, 0.15) is 11.6 Å². The number of nitro groups is 1. The molecule has 9 nitrogen and oxygen atoms in total. The van der Waals surface area contributed by atoms with Gasteiger partial charge in [0, 0.05) is 6.07 Å². The molecule has 0 atom stereocenters. The predicted octanol–water partition coefficient (Wildman–Crippen LogP) is 1.12. The second-order valence-electron chi connectivity index (χ2n) is 5.02. The normalized spacial score (nSPS) is 11.8. The first-order valence-electron chi connectivity index (χ1n) is 6.60. The van der Waals surface area contributed by atoms with Gasteiger partial charge in [0.25, 0.3) is 5.69 Å². The number of rotatable bonds is 7. The molecule has 0 fully saturated rings. The molecule has 2 aromatic rings. The number of nitrogens with one attached hydrogen (secondary N) is 1. The number of hydrogen-bond acceptors (Lipinski definition) is 7. The summed E-state index contributed by atoms with van der Waals surface area (Å²) >= 11 is 0. The van der Waals surface area contributed by atoms with Gasteiger partial charge in [-0.15, -0.1) is 0 Å². The molecule has 0 aliphatic rings. The lowest BCUT2D eigenvalue weighted by Crippen LogP contribution is -2.24. The van der Waals surface area contributed by atoms with Gasteiger partial charge in [0.2, 0.25) is 15.9 Å². The van der Waals surface area contributed by atoms with E-state index in [9.17, 15) is 18.5 Å². The van der Waals surface area contributed by atoms with Gasteiger partial charge in [-0.3, -0.25) is 10.1 Å². The first-order chi connectivity index (χ1) is 10.8. The molecule has 124 valence electrons. The highest BCUT2D eigenvalue weighted by atomic mass is 32.2. The van der Waals surface area contributed by atoms with Gasteiger partial charge in [-0.1, -0.05) is 12.1 Å². The molecule has 1 aromatic heterocycles. The maximum Gasteiger partial charge on any atom is 0.289 e. The quantitative estimate of drug-likeness (QED) is 0.592. The molecule has 1 N–H and O–H groups in total. The third-order valence-electron chi connectivity index (χ3n) is 2.85. The van der Waals surface area contributed by atoms with E-state index in [1.54, 1.807) is 0 Å². The van der Waals surface area contributed by atoms with Gasteiger partial charge in [0.1, 0.15) is 6.26 Å². The third kappa shape index (κ3) is 4.34. The number of nitrogens with zero attached hydrogens (tertiary/aromatic N) is 3. The zero-order valence-electron chi connectivity index (χ0n) is 12.6. The Kier molecular flexibility index (Phi) is 5.08. The summed E-state index contributed by atoms with van der Waals surface area (Å²) in [6.07, 6.45) is 1.35. The summed E-state index contributed by atoms with van der Waals surface area (Å²) in [5.41, 5.74) is -0.0857. The van der Waals surface area contributed by atoms with Gasteiger partial charge in [0.15, 0.2) is 4.90 Å². The topological polar surface area (TPSA) is 119 Å². The molecular formula is C13H16N4O5S. The fraction of sp³-hybridized carbons (Fsp3) is 0.308. The average molecular weight is 340 g/mol. The van der Waals surface area contributed by atoms with Gasteiger partial charge < -0.3 is 9.32 Å². The molecule has 0 aliphatic carbocycles. The van der Waals surface area contributed by atoms with Crippen LogP contribution in [0.2, 0.25) is 0 Å². The number of sulfonamides is 1. The van der Waals surface area contributed by atoms with E-state index in [0.717, 1.165) is 6.07 Å². The largest absolute Gasteiger partial charge is 0.447 e. The smallest absolute Gasteiger partial charge is 0.289 e. The minimum absolute atomic E-state index is 0.120. The molecule has 10 heteroatoms. The average Bonchev–Trinajstić information content (AvgIpc) is 2.92. The van der Waals surface area contributed by atoms with E-state index < -0.39 is 20.6 Å². The van der Waals surface area contributed by atoms with Crippen LogP contribution in [0.5, 0.6) is 0 Å². The summed E-state index contributed by atoms with van der Waals surface area (Å²) < 4.78 is 32.0. The summed E-state index contributed by atoms with van der Waals surface area (Å²) in [4.78, 5) is 15.8. The molecule has 0 radical (unpaired) electrons. The van der Waals surface area contributed by atoms with Crippen LogP contribution in [0.3, 0.4) is 0 Å². The van der Waals surface area contributed by atoms with Crippen molar-refractivity contribution < 1.29 is 17.8 Å². The summed E-state index contributed by atoms with van der Waals surface area (Å²) in [7, 11) is -0.335. The Morgan fingerprint density at radius 1 is 1.35 bits per heavy atom. The molecule has 0 bridgehead atoms. The summed E-state index contributed by atoms with van der Waals surface area (Å²) in [6, 6.07) is 5.15. The first kappa shape index (κ1) is 17.1. The van der Waals surface area contributed by atoms with E-state index in [2.05, 4.69) is 9.71 Å². The minimum atomic E-state index is -4.03. The van der Waals surface area contributed by atoms with Crippen molar-refractivity contribution in [2.75, 3.05) is 14.1 Å². The number of oxazole rings is 1. The Labute approximate surface area is 133 Å².